The molecular formula is C22H18N4O2. The fourth-order valence-corrected chi connectivity index (χ4v) is 2.89. The van der Waals surface area contributed by atoms with Crippen LogP contribution in [0.2, 0.25) is 0 Å². The number of amides is 1. The maximum Gasteiger partial charge on any atom is 0.256 e. The third-order valence-electron chi connectivity index (χ3n) is 4.48. The van der Waals surface area contributed by atoms with Crippen LogP contribution in [0.25, 0.3) is 22.8 Å². The van der Waals surface area contributed by atoms with Gasteiger partial charge in [0.2, 0.25) is 0 Å². The molecule has 1 amide bonds. The number of nitrogens with zero attached hydrogens (tertiary/aromatic N) is 2. The molecule has 138 valence electrons. The van der Waals surface area contributed by atoms with E-state index in [4.69, 9.17) is 0 Å². The van der Waals surface area contributed by atoms with Crippen molar-refractivity contribution in [1.82, 2.24) is 15.2 Å². The summed E-state index contributed by atoms with van der Waals surface area (Å²) in [5.74, 6) is 1.11. The van der Waals surface area contributed by atoms with Crippen LogP contribution < -0.4 is 5.32 Å². The minimum absolute atomic E-state index is 0.0996. The van der Waals surface area contributed by atoms with Crippen molar-refractivity contribution in [2.75, 3.05) is 5.32 Å². The van der Waals surface area contributed by atoms with Crippen LogP contribution in [0.15, 0.2) is 72.8 Å². The molecule has 4 rings (SSSR count). The molecule has 0 bridgehead atoms. The number of nitrogens with one attached hydrogen (secondary N) is 2. The second-order valence-electron chi connectivity index (χ2n) is 6.35. The van der Waals surface area contributed by atoms with Crippen molar-refractivity contribution in [1.29, 1.82) is 0 Å². The summed E-state index contributed by atoms with van der Waals surface area (Å²) in [5, 5.41) is 19.8. The number of phenols is 1. The average molecular weight is 370 g/mol. The molecule has 0 aliphatic rings. The number of benzene rings is 3. The highest BCUT2D eigenvalue weighted by Gasteiger charge is 2.12. The van der Waals surface area contributed by atoms with Crippen molar-refractivity contribution < 1.29 is 9.90 Å². The minimum Gasteiger partial charge on any atom is -0.508 e. The summed E-state index contributed by atoms with van der Waals surface area (Å²) in [7, 11) is 0. The maximum absolute atomic E-state index is 12.5. The third kappa shape index (κ3) is 3.48. The monoisotopic (exact) mass is 370 g/mol. The molecule has 6 heteroatoms. The predicted octanol–water partition coefficient (Wildman–Crippen LogP) is 4.41. The second kappa shape index (κ2) is 7.36. The first kappa shape index (κ1) is 17.5. The minimum atomic E-state index is -0.271. The Kier molecular flexibility index (Phi) is 4.60. The molecule has 0 saturated heterocycles. The van der Waals surface area contributed by atoms with Gasteiger partial charge in [0.15, 0.2) is 11.6 Å². The lowest BCUT2D eigenvalue weighted by atomic mass is 10.1. The van der Waals surface area contributed by atoms with E-state index in [1.165, 1.54) is 0 Å². The lowest BCUT2D eigenvalue weighted by Gasteiger charge is -2.09. The average Bonchev–Trinajstić information content (AvgIpc) is 3.21. The van der Waals surface area contributed by atoms with Crippen molar-refractivity contribution in [3.8, 4) is 28.5 Å². The Hall–Kier alpha value is -3.93. The first-order valence-corrected chi connectivity index (χ1v) is 8.80. The van der Waals surface area contributed by atoms with Gasteiger partial charge in [0.1, 0.15) is 5.75 Å². The summed E-state index contributed by atoms with van der Waals surface area (Å²) in [6.07, 6.45) is 0. The van der Waals surface area contributed by atoms with Gasteiger partial charge in [-0.1, -0.05) is 36.4 Å². The first-order chi connectivity index (χ1) is 13.6. The number of carbonyl (C=O) groups excluding carboxylic acids is 1. The van der Waals surface area contributed by atoms with Gasteiger partial charge in [-0.3, -0.25) is 9.89 Å². The van der Waals surface area contributed by atoms with Gasteiger partial charge < -0.3 is 10.4 Å². The van der Waals surface area contributed by atoms with Crippen LogP contribution in [0, 0.1) is 6.92 Å². The van der Waals surface area contributed by atoms with E-state index in [0.29, 0.717) is 28.5 Å². The summed E-state index contributed by atoms with van der Waals surface area (Å²) >= 11 is 0. The smallest absolute Gasteiger partial charge is 0.256 e. The largest absolute Gasteiger partial charge is 0.508 e. The van der Waals surface area contributed by atoms with Crippen LogP contribution in [0.5, 0.6) is 5.75 Å². The molecule has 0 radical (unpaired) electrons. The van der Waals surface area contributed by atoms with Gasteiger partial charge in [-0.15, -0.1) is 0 Å². The number of anilines is 1. The van der Waals surface area contributed by atoms with Gasteiger partial charge in [-0.25, -0.2) is 4.98 Å². The fraction of sp³-hybridized carbons (Fsp3) is 0.0455. The van der Waals surface area contributed by atoms with E-state index in [2.05, 4.69) is 20.5 Å². The predicted molar refractivity (Wildman–Crippen MR) is 108 cm³/mol. The van der Waals surface area contributed by atoms with E-state index in [1.54, 1.807) is 37.3 Å². The molecule has 0 aliphatic heterocycles. The van der Waals surface area contributed by atoms with Gasteiger partial charge in [-0.2, -0.15) is 5.10 Å². The highest BCUT2D eigenvalue weighted by molar-refractivity contribution is 6.05. The van der Waals surface area contributed by atoms with E-state index < -0.39 is 0 Å². The Balaban J connectivity index is 1.51. The molecule has 0 fully saturated rings. The SMILES string of the molecule is Cc1c(O)cccc1C(=O)Nc1ccc(-c2nc(-c3ccccc3)n[nH]2)cc1. The zero-order valence-corrected chi connectivity index (χ0v) is 15.2. The number of carbonyl (C=O) groups is 1. The lowest BCUT2D eigenvalue weighted by molar-refractivity contribution is 0.102. The van der Waals surface area contributed by atoms with Gasteiger partial charge in [0.25, 0.3) is 5.91 Å². The van der Waals surface area contributed by atoms with Crippen molar-refractivity contribution in [2.45, 2.75) is 6.92 Å². The molecule has 0 spiro atoms. The summed E-state index contributed by atoms with van der Waals surface area (Å²) in [6.45, 7) is 1.71. The summed E-state index contributed by atoms with van der Waals surface area (Å²) in [5.41, 5.74) is 3.44. The molecule has 1 heterocycles. The molecule has 0 unspecified atom stereocenters. The molecule has 3 N–H and O–H groups in total. The maximum atomic E-state index is 12.5. The summed E-state index contributed by atoms with van der Waals surface area (Å²) < 4.78 is 0. The number of aromatic nitrogens is 3. The Morgan fingerprint density at radius 1 is 0.929 bits per heavy atom. The van der Waals surface area contributed by atoms with Crippen LogP contribution in [0.3, 0.4) is 0 Å². The van der Waals surface area contributed by atoms with E-state index >= 15 is 0 Å². The number of hydrogen-bond acceptors (Lipinski definition) is 4. The number of aromatic hydroxyl groups is 1. The van der Waals surface area contributed by atoms with E-state index in [-0.39, 0.29) is 11.7 Å². The Morgan fingerprint density at radius 3 is 2.43 bits per heavy atom. The third-order valence-corrected chi connectivity index (χ3v) is 4.48. The van der Waals surface area contributed by atoms with Crippen LogP contribution in [-0.2, 0) is 0 Å². The topological polar surface area (TPSA) is 90.9 Å². The molecule has 6 nitrogen and oxygen atoms in total. The number of rotatable bonds is 4. The molecule has 1 aromatic heterocycles. The quantitative estimate of drug-likeness (QED) is 0.496. The first-order valence-electron chi connectivity index (χ1n) is 8.80. The number of H-pyrrole nitrogens is 1. The molecule has 0 atom stereocenters. The van der Waals surface area contributed by atoms with E-state index in [9.17, 15) is 9.90 Å². The van der Waals surface area contributed by atoms with Crippen LogP contribution in [-0.4, -0.2) is 26.2 Å². The number of aromatic amines is 1. The normalized spacial score (nSPS) is 10.6. The summed E-state index contributed by atoms with van der Waals surface area (Å²) in [4.78, 5) is 17.0. The summed E-state index contributed by atoms with van der Waals surface area (Å²) in [6, 6.07) is 21.9. The standard InChI is InChI=1S/C22H18N4O2/c1-14-18(8-5-9-19(14)27)22(28)23-17-12-10-16(11-13-17)21-24-20(25-26-21)15-6-3-2-4-7-15/h2-13,27H,1H3,(H,23,28)(H,24,25,26). The van der Waals surface area contributed by atoms with Crippen LogP contribution in [0.1, 0.15) is 15.9 Å². The van der Waals surface area contributed by atoms with Crippen molar-refractivity contribution in [3.63, 3.8) is 0 Å². The van der Waals surface area contributed by atoms with E-state index in [0.717, 1.165) is 11.1 Å². The zero-order valence-electron chi connectivity index (χ0n) is 15.2. The number of hydrogen-bond donors (Lipinski definition) is 3. The zero-order chi connectivity index (χ0) is 19.5. The molecule has 3 aromatic carbocycles. The van der Waals surface area contributed by atoms with E-state index in [1.807, 2.05) is 42.5 Å². The second-order valence-corrected chi connectivity index (χ2v) is 6.35. The lowest BCUT2D eigenvalue weighted by Crippen LogP contribution is -2.13. The van der Waals surface area contributed by atoms with Gasteiger partial charge in [-0.05, 0) is 43.3 Å². The fourth-order valence-electron chi connectivity index (χ4n) is 2.89. The molecule has 0 saturated carbocycles. The van der Waals surface area contributed by atoms with Crippen molar-refractivity contribution in [2.24, 2.45) is 0 Å². The van der Waals surface area contributed by atoms with Gasteiger partial charge >= 0.3 is 0 Å². The molecule has 0 aliphatic carbocycles. The van der Waals surface area contributed by atoms with Crippen LogP contribution in [0.4, 0.5) is 5.69 Å². The molecule has 4 aromatic rings. The Morgan fingerprint density at radius 2 is 1.68 bits per heavy atom. The number of phenolic OH excluding ortho intramolecular Hbond substituents is 1. The van der Waals surface area contributed by atoms with Crippen molar-refractivity contribution in [3.05, 3.63) is 83.9 Å². The Bertz CT molecular complexity index is 1120. The highest BCUT2D eigenvalue weighted by atomic mass is 16.3. The molecule has 28 heavy (non-hydrogen) atoms. The van der Waals surface area contributed by atoms with Crippen LogP contribution >= 0.6 is 0 Å². The highest BCUT2D eigenvalue weighted by Crippen LogP contribution is 2.23. The van der Waals surface area contributed by atoms with Gasteiger partial charge in [0.05, 0.1) is 0 Å². The Labute approximate surface area is 161 Å². The van der Waals surface area contributed by atoms with Gasteiger partial charge in [0, 0.05) is 27.9 Å². The molecular weight excluding hydrogens is 352 g/mol. The van der Waals surface area contributed by atoms with Crippen molar-refractivity contribution >= 4 is 11.6 Å².